The standard InChI is InChI=1S/C24H20ClN3O/c25-19-9-6-10-20(14-19)27-16-18(13-23(27)29)24-26-21-11-4-5-12-22(21)28(24)15-17-7-2-1-3-8-17/h1-12,14,18H,13,15-16H2/t18-/m1/s1. The lowest BCUT2D eigenvalue weighted by atomic mass is 10.1. The minimum absolute atomic E-state index is 0.0394. The number of carbonyl (C=O) groups excluding carboxylic acids is 1. The number of anilines is 1. The molecule has 0 saturated carbocycles. The van der Waals surface area contributed by atoms with Crippen molar-refractivity contribution in [2.45, 2.75) is 18.9 Å². The Hall–Kier alpha value is -3.11. The van der Waals surface area contributed by atoms with Crippen molar-refractivity contribution in [2.24, 2.45) is 0 Å². The number of hydrogen-bond acceptors (Lipinski definition) is 2. The van der Waals surface area contributed by atoms with Crippen molar-refractivity contribution in [1.82, 2.24) is 9.55 Å². The highest BCUT2D eigenvalue weighted by Crippen LogP contribution is 2.34. The van der Waals surface area contributed by atoms with Gasteiger partial charge in [-0.2, -0.15) is 0 Å². The Morgan fingerprint density at radius 1 is 0.966 bits per heavy atom. The minimum Gasteiger partial charge on any atom is -0.323 e. The van der Waals surface area contributed by atoms with Gasteiger partial charge in [0.05, 0.1) is 11.0 Å². The molecule has 1 aliphatic rings. The average molecular weight is 402 g/mol. The summed E-state index contributed by atoms with van der Waals surface area (Å²) in [5, 5.41) is 0.634. The first-order valence-corrected chi connectivity index (χ1v) is 10.1. The summed E-state index contributed by atoms with van der Waals surface area (Å²) in [6.07, 6.45) is 0.449. The number of carbonyl (C=O) groups is 1. The van der Waals surface area contributed by atoms with Gasteiger partial charge < -0.3 is 9.47 Å². The molecule has 1 atom stereocenters. The van der Waals surface area contributed by atoms with E-state index in [2.05, 4.69) is 22.8 Å². The second kappa shape index (κ2) is 7.37. The molecule has 1 saturated heterocycles. The van der Waals surface area contributed by atoms with Gasteiger partial charge in [-0.1, -0.05) is 60.1 Å². The molecule has 1 amide bonds. The highest BCUT2D eigenvalue weighted by molar-refractivity contribution is 6.30. The molecular weight excluding hydrogens is 382 g/mol. The number of hydrogen-bond donors (Lipinski definition) is 0. The van der Waals surface area contributed by atoms with Crippen LogP contribution in [0.15, 0.2) is 78.9 Å². The lowest BCUT2D eigenvalue weighted by molar-refractivity contribution is -0.117. The van der Waals surface area contributed by atoms with Crippen molar-refractivity contribution in [3.8, 4) is 0 Å². The SMILES string of the molecule is O=C1C[C@@H](c2nc3ccccc3n2Cc2ccccc2)CN1c1cccc(Cl)c1. The van der Waals surface area contributed by atoms with E-state index >= 15 is 0 Å². The van der Waals surface area contributed by atoms with Crippen LogP contribution in [0.2, 0.25) is 5.02 Å². The first-order valence-electron chi connectivity index (χ1n) is 9.74. The largest absolute Gasteiger partial charge is 0.323 e. The summed E-state index contributed by atoms with van der Waals surface area (Å²) >= 11 is 6.14. The van der Waals surface area contributed by atoms with E-state index in [4.69, 9.17) is 16.6 Å². The van der Waals surface area contributed by atoms with Crippen LogP contribution < -0.4 is 4.90 Å². The monoisotopic (exact) mass is 401 g/mol. The summed E-state index contributed by atoms with van der Waals surface area (Å²) in [6, 6.07) is 26.0. The van der Waals surface area contributed by atoms with E-state index in [0.29, 0.717) is 18.0 Å². The van der Waals surface area contributed by atoms with Crippen LogP contribution in [-0.2, 0) is 11.3 Å². The smallest absolute Gasteiger partial charge is 0.227 e. The molecule has 0 aliphatic carbocycles. The Balaban J connectivity index is 1.53. The molecule has 0 spiro atoms. The number of imidazole rings is 1. The van der Waals surface area contributed by atoms with Crippen LogP contribution in [0.3, 0.4) is 0 Å². The van der Waals surface area contributed by atoms with Crippen molar-refractivity contribution in [3.05, 3.63) is 95.3 Å². The Kier molecular flexibility index (Phi) is 4.57. The highest BCUT2D eigenvalue weighted by atomic mass is 35.5. The van der Waals surface area contributed by atoms with E-state index < -0.39 is 0 Å². The van der Waals surface area contributed by atoms with Gasteiger partial charge in [0.1, 0.15) is 5.82 Å². The first kappa shape index (κ1) is 18.0. The molecule has 144 valence electrons. The first-order chi connectivity index (χ1) is 14.2. The predicted molar refractivity (Wildman–Crippen MR) is 116 cm³/mol. The normalized spacial score (nSPS) is 16.7. The van der Waals surface area contributed by atoms with Crippen molar-refractivity contribution >= 4 is 34.2 Å². The van der Waals surface area contributed by atoms with Crippen LogP contribution in [-0.4, -0.2) is 22.0 Å². The van der Waals surface area contributed by atoms with E-state index in [1.54, 1.807) is 0 Å². The average Bonchev–Trinajstić information content (AvgIpc) is 3.30. The summed E-state index contributed by atoms with van der Waals surface area (Å²) in [7, 11) is 0. The van der Waals surface area contributed by atoms with Crippen LogP contribution in [0.5, 0.6) is 0 Å². The fourth-order valence-corrected chi connectivity index (χ4v) is 4.30. The molecule has 2 heterocycles. The Morgan fingerprint density at radius 3 is 2.59 bits per heavy atom. The maximum absolute atomic E-state index is 12.8. The molecule has 0 unspecified atom stereocenters. The minimum atomic E-state index is 0.0394. The fourth-order valence-electron chi connectivity index (χ4n) is 4.11. The lowest BCUT2D eigenvalue weighted by Crippen LogP contribution is -2.24. The van der Waals surface area contributed by atoms with E-state index in [-0.39, 0.29) is 11.8 Å². The molecule has 0 radical (unpaired) electrons. The number of aromatic nitrogens is 2. The fraction of sp³-hybridized carbons (Fsp3) is 0.167. The molecule has 5 heteroatoms. The zero-order chi connectivity index (χ0) is 19.8. The second-order valence-electron chi connectivity index (χ2n) is 7.42. The van der Waals surface area contributed by atoms with Crippen LogP contribution in [0.4, 0.5) is 5.69 Å². The van der Waals surface area contributed by atoms with Crippen LogP contribution in [0.25, 0.3) is 11.0 Å². The molecule has 0 bridgehead atoms. The van der Waals surface area contributed by atoms with Crippen molar-refractivity contribution in [3.63, 3.8) is 0 Å². The molecule has 1 aliphatic heterocycles. The molecule has 29 heavy (non-hydrogen) atoms. The molecule has 4 nitrogen and oxygen atoms in total. The zero-order valence-corrected chi connectivity index (χ0v) is 16.6. The van der Waals surface area contributed by atoms with Crippen molar-refractivity contribution in [2.75, 3.05) is 11.4 Å². The van der Waals surface area contributed by atoms with Crippen molar-refractivity contribution in [1.29, 1.82) is 0 Å². The number of para-hydroxylation sites is 2. The van der Waals surface area contributed by atoms with E-state index in [9.17, 15) is 4.79 Å². The number of fused-ring (bicyclic) bond motifs is 1. The van der Waals surface area contributed by atoms with Gasteiger partial charge in [-0.3, -0.25) is 4.79 Å². The van der Waals surface area contributed by atoms with E-state index in [1.165, 1.54) is 5.56 Å². The Labute approximate surface area is 174 Å². The number of benzene rings is 3. The molecule has 4 aromatic rings. The van der Waals surface area contributed by atoms with Gasteiger partial charge in [-0.15, -0.1) is 0 Å². The number of rotatable bonds is 4. The number of nitrogens with zero attached hydrogens (tertiary/aromatic N) is 3. The third-order valence-electron chi connectivity index (χ3n) is 5.48. The third-order valence-corrected chi connectivity index (χ3v) is 5.71. The summed E-state index contributed by atoms with van der Waals surface area (Å²) in [6.45, 7) is 1.34. The maximum atomic E-state index is 12.8. The van der Waals surface area contributed by atoms with Crippen LogP contribution >= 0.6 is 11.6 Å². The van der Waals surface area contributed by atoms with Crippen LogP contribution in [0.1, 0.15) is 23.7 Å². The molecule has 1 fully saturated rings. The quantitative estimate of drug-likeness (QED) is 0.468. The number of amides is 1. The van der Waals surface area contributed by atoms with E-state index in [1.807, 2.05) is 65.6 Å². The summed E-state index contributed by atoms with van der Waals surface area (Å²) in [5.74, 6) is 1.11. The molecule has 1 aromatic heterocycles. The summed E-state index contributed by atoms with van der Waals surface area (Å²) in [5.41, 5.74) is 4.12. The molecule has 5 rings (SSSR count). The van der Waals surface area contributed by atoms with Gasteiger partial charge >= 0.3 is 0 Å². The van der Waals surface area contributed by atoms with Gasteiger partial charge in [0, 0.05) is 36.1 Å². The van der Waals surface area contributed by atoms with Gasteiger partial charge in [0.25, 0.3) is 0 Å². The third kappa shape index (κ3) is 3.40. The van der Waals surface area contributed by atoms with Crippen LogP contribution in [0, 0.1) is 0 Å². The van der Waals surface area contributed by atoms with Gasteiger partial charge in [-0.05, 0) is 35.9 Å². The summed E-state index contributed by atoms with van der Waals surface area (Å²) in [4.78, 5) is 19.6. The van der Waals surface area contributed by atoms with Gasteiger partial charge in [0.15, 0.2) is 0 Å². The topological polar surface area (TPSA) is 38.1 Å². The van der Waals surface area contributed by atoms with Crippen molar-refractivity contribution < 1.29 is 4.79 Å². The predicted octanol–water partition coefficient (Wildman–Crippen LogP) is 5.26. The van der Waals surface area contributed by atoms with Gasteiger partial charge in [-0.25, -0.2) is 4.98 Å². The zero-order valence-electron chi connectivity index (χ0n) is 15.8. The number of halogens is 1. The lowest BCUT2D eigenvalue weighted by Gasteiger charge is -2.18. The molecular formula is C24H20ClN3O. The van der Waals surface area contributed by atoms with E-state index in [0.717, 1.165) is 29.1 Å². The van der Waals surface area contributed by atoms with Gasteiger partial charge in [0.2, 0.25) is 5.91 Å². The highest BCUT2D eigenvalue weighted by Gasteiger charge is 2.34. The maximum Gasteiger partial charge on any atom is 0.227 e. The Morgan fingerprint density at radius 2 is 1.76 bits per heavy atom. The Bertz CT molecular complexity index is 1190. The molecule has 0 N–H and O–H groups in total. The second-order valence-corrected chi connectivity index (χ2v) is 7.85. The molecule has 3 aromatic carbocycles. The summed E-state index contributed by atoms with van der Waals surface area (Å²) < 4.78 is 2.25.